The van der Waals surface area contributed by atoms with Crippen molar-refractivity contribution in [3.05, 3.63) is 35.6 Å². The number of hydrogen-bond acceptors (Lipinski definition) is 2. The summed E-state index contributed by atoms with van der Waals surface area (Å²) in [4.78, 5) is 0. The van der Waals surface area contributed by atoms with Crippen LogP contribution >= 0.6 is 12.4 Å². The Labute approximate surface area is 114 Å². The number of benzene rings is 1. The molecule has 1 fully saturated rings. The van der Waals surface area contributed by atoms with E-state index in [0.717, 1.165) is 25.1 Å². The van der Waals surface area contributed by atoms with Crippen LogP contribution in [0.4, 0.5) is 4.39 Å². The van der Waals surface area contributed by atoms with Gasteiger partial charge in [-0.05, 0) is 43.5 Å². The van der Waals surface area contributed by atoms with Crippen molar-refractivity contribution in [2.45, 2.75) is 38.3 Å². The SMILES string of the molecule is Cl.Fc1cccc(COCCC2CCCCN2)c1. The van der Waals surface area contributed by atoms with E-state index < -0.39 is 0 Å². The van der Waals surface area contributed by atoms with Crippen molar-refractivity contribution >= 4 is 12.4 Å². The van der Waals surface area contributed by atoms with Gasteiger partial charge in [0.15, 0.2) is 0 Å². The van der Waals surface area contributed by atoms with Crippen LogP contribution in [0.1, 0.15) is 31.2 Å². The molecule has 1 aliphatic heterocycles. The molecule has 0 saturated carbocycles. The Morgan fingerprint density at radius 3 is 2.94 bits per heavy atom. The van der Waals surface area contributed by atoms with Gasteiger partial charge in [-0.15, -0.1) is 12.4 Å². The molecule has 102 valence electrons. The summed E-state index contributed by atoms with van der Waals surface area (Å²) in [5.74, 6) is -0.194. The average molecular weight is 274 g/mol. The van der Waals surface area contributed by atoms with Crippen LogP contribution in [0.5, 0.6) is 0 Å². The second kappa shape index (κ2) is 8.46. The van der Waals surface area contributed by atoms with Gasteiger partial charge in [0.05, 0.1) is 6.61 Å². The highest BCUT2D eigenvalue weighted by Crippen LogP contribution is 2.11. The third-order valence-corrected chi connectivity index (χ3v) is 3.18. The van der Waals surface area contributed by atoms with Crippen molar-refractivity contribution in [2.75, 3.05) is 13.2 Å². The molecule has 0 spiro atoms. The van der Waals surface area contributed by atoms with Crippen LogP contribution in [0.3, 0.4) is 0 Å². The Morgan fingerprint density at radius 1 is 1.33 bits per heavy atom. The van der Waals surface area contributed by atoms with Gasteiger partial charge in [-0.2, -0.15) is 0 Å². The predicted molar refractivity (Wildman–Crippen MR) is 73.6 cm³/mol. The first kappa shape index (κ1) is 15.4. The van der Waals surface area contributed by atoms with E-state index in [-0.39, 0.29) is 18.2 Å². The lowest BCUT2D eigenvalue weighted by Gasteiger charge is -2.23. The minimum atomic E-state index is -0.194. The Bertz CT molecular complexity index is 342. The molecule has 0 amide bonds. The first-order valence-electron chi connectivity index (χ1n) is 6.40. The van der Waals surface area contributed by atoms with Gasteiger partial charge in [0.2, 0.25) is 0 Å². The number of rotatable bonds is 5. The zero-order chi connectivity index (χ0) is 11.9. The fourth-order valence-corrected chi connectivity index (χ4v) is 2.21. The van der Waals surface area contributed by atoms with Crippen LogP contribution in [-0.4, -0.2) is 19.2 Å². The van der Waals surface area contributed by atoms with E-state index >= 15 is 0 Å². The molecule has 1 heterocycles. The molecular formula is C14H21ClFNO. The van der Waals surface area contributed by atoms with Crippen molar-refractivity contribution in [2.24, 2.45) is 0 Å². The Balaban J connectivity index is 0.00000162. The molecule has 0 bridgehead atoms. The topological polar surface area (TPSA) is 21.3 Å². The fourth-order valence-electron chi connectivity index (χ4n) is 2.21. The van der Waals surface area contributed by atoms with E-state index in [4.69, 9.17) is 4.74 Å². The highest BCUT2D eigenvalue weighted by Gasteiger charge is 2.11. The lowest BCUT2D eigenvalue weighted by atomic mass is 10.0. The number of piperidine rings is 1. The smallest absolute Gasteiger partial charge is 0.123 e. The van der Waals surface area contributed by atoms with Gasteiger partial charge >= 0.3 is 0 Å². The zero-order valence-electron chi connectivity index (χ0n) is 10.5. The number of hydrogen-bond donors (Lipinski definition) is 1. The largest absolute Gasteiger partial charge is 0.377 e. The zero-order valence-corrected chi connectivity index (χ0v) is 11.3. The van der Waals surface area contributed by atoms with Crippen LogP contribution in [0.15, 0.2) is 24.3 Å². The van der Waals surface area contributed by atoms with Gasteiger partial charge < -0.3 is 10.1 Å². The lowest BCUT2D eigenvalue weighted by molar-refractivity contribution is 0.108. The molecule has 4 heteroatoms. The monoisotopic (exact) mass is 273 g/mol. The van der Waals surface area contributed by atoms with Crippen molar-refractivity contribution in [3.63, 3.8) is 0 Å². The van der Waals surface area contributed by atoms with Gasteiger partial charge in [0, 0.05) is 12.6 Å². The van der Waals surface area contributed by atoms with Crippen LogP contribution in [-0.2, 0) is 11.3 Å². The van der Waals surface area contributed by atoms with Crippen molar-refractivity contribution < 1.29 is 9.13 Å². The first-order valence-corrected chi connectivity index (χ1v) is 6.40. The highest BCUT2D eigenvalue weighted by molar-refractivity contribution is 5.85. The molecule has 1 atom stereocenters. The van der Waals surface area contributed by atoms with Crippen LogP contribution in [0, 0.1) is 5.82 Å². The van der Waals surface area contributed by atoms with Crippen molar-refractivity contribution in [1.29, 1.82) is 0 Å². The van der Waals surface area contributed by atoms with E-state index in [1.165, 1.54) is 31.4 Å². The standard InChI is InChI=1S/C14H20FNO.ClH/c15-13-5-3-4-12(10-13)11-17-9-7-14-6-1-2-8-16-14;/h3-5,10,14,16H,1-2,6-9,11H2;1H. The van der Waals surface area contributed by atoms with Gasteiger partial charge in [-0.3, -0.25) is 0 Å². The predicted octanol–water partition coefficient (Wildman–Crippen LogP) is 3.30. The Morgan fingerprint density at radius 2 is 2.22 bits per heavy atom. The summed E-state index contributed by atoms with van der Waals surface area (Å²) in [7, 11) is 0. The molecule has 1 aromatic rings. The third kappa shape index (κ3) is 5.34. The summed E-state index contributed by atoms with van der Waals surface area (Å²) in [5.41, 5.74) is 0.904. The van der Waals surface area contributed by atoms with Crippen LogP contribution in [0.2, 0.25) is 0 Å². The highest BCUT2D eigenvalue weighted by atomic mass is 35.5. The van der Waals surface area contributed by atoms with Crippen molar-refractivity contribution in [3.8, 4) is 0 Å². The third-order valence-electron chi connectivity index (χ3n) is 3.18. The quantitative estimate of drug-likeness (QED) is 0.831. The summed E-state index contributed by atoms with van der Waals surface area (Å²) in [6.07, 6.45) is 4.92. The number of halogens is 2. The molecule has 1 aliphatic rings. The molecule has 0 aliphatic carbocycles. The summed E-state index contributed by atoms with van der Waals surface area (Å²) >= 11 is 0. The number of nitrogens with one attached hydrogen (secondary N) is 1. The van der Waals surface area contributed by atoms with E-state index in [0.29, 0.717) is 12.6 Å². The van der Waals surface area contributed by atoms with Crippen LogP contribution in [0.25, 0.3) is 0 Å². The maximum atomic E-state index is 12.9. The molecular weight excluding hydrogens is 253 g/mol. The molecule has 1 aromatic carbocycles. The van der Waals surface area contributed by atoms with Gasteiger partial charge in [-0.1, -0.05) is 18.6 Å². The molecule has 2 rings (SSSR count). The van der Waals surface area contributed by atoms with Gasteiger partial charge in [0.1, 0.15) is 5.82 Å². The first-order chi connectivity index (χ1) is 8.34. The van der Waals surface area contributed by atoms with E-state index in [2.05, 4.69) is 5.32 Å². The van der Waals surface area contributed by atoms with Crippen molar-refractivity contribution in [1.82, 2.24) is 5.32 Å². The van der Waals surface area contributed by atoms with E-state index in [1.54, 1.807) is 6.07 Å². The average Bonchev–Trinajstić information content (AvgIpc) is 2.36. The second-order valence-corrected chi connectivity index (χ2v) is 4.62. The molecule has 0 aromatic heterocycles. The molecule has 2 nitrogen and oxygen atoms in total. The number of ether oxygens (including phenoxy) is 1. The lowest BCUT2D eigenvalue weighted by Crippen LogP contribution is -2.34. The Kier molecular flexibility index (Phi) is 7.25. The van der Waals surface area contributed by atoms with Crippen LogP contribution < -0.4 is 5.32 Å². The minimum Gasteiger partial charge on any atom is -0.377 e. The maximum absolute atomic E-state index is 12.9. The fraction of sp³-hybridized carbons (Fsp3) is 0.571. The second-order valence-electron chi connectivity index (χ2n) is 4.62. The van der Waals surface area contributed by atoms with Gasteiger partial charge in [0.25, 0.3) is 0 Å². The molecule has 0 radical (unpaired) electrons. The normalized spacial score (nSPS) is 19.3. The molecule has 18 heavy (non-hydrogen) atoms. The van der Waals surface area contributed by atoms with Gasteiger partial charge in [-0.25, -0.2) is 4.39 Å². The summed E-state index contributed by atoms with van der Waals surface area (Å²) in [5, 5.41) is 3.49. The summed E-state index contributed by atoms with van der Waals surface area (Å²) in [6, 6.07) is 7.20. The Hall–Kier alpha value is -0.640. The van der Waals surface area contributed by atoms with E-state index in [9.17, 15) is 4.39 Å². The summed E-state index contributed by atoms with van der Waals surface area (Å²) in [6.45, 7) is 2.38. The maximum Gasteiger partial charge on any atom is 0.123 e. The van der Waals surface area contributed by atoms with E-state index in [1.807, 2.05) is 6.07 Å². The minimum absolute atomic E-state index is 0. The molecule has 1 unspecified atom stereocenters. The molecule has 1 saturated heterocycles. The molecule has 1 N–H and O–H groups in total. The summed E-state index contributed by atoms with van der Waals surface area (Å²) < 4.78 is 18.5.